The van der Waals surface area contributed by atoms with Crippen molar-refractivity contribution in [2.75, 3.05) is 13.6 Å². The number of carbonyl (C=O) groups is 1. The van der Waals surface area contributed by atoms with Crippen LogP contribution in [0.4, 0.5) is 0 Å². The summed E-state index contributed by atoms with van der Waals surface area (Å²) >= 11 is 0. The predicted molar refractivity (Wildman–Crippen MR) is 116 cm³/mol. The molecule has 2 aliphatic heterocycles. The molecule has 0 amide bonds. The number of fused-ring (bicyclic) bond motifs is 5. The van der Waals surface area contributed by atoms with Gasteiger partial charge in [0.1, 0.15) is 5.78 Å². The third kappa shape index (κ3) is 2.62. The molecule has 1 aromatic heterocycles. The first-order valence-electron chi connectivity index (χ1n) is 11.2. The highest BCUT2D eigenvalue weighted by Crippen LogP contribution is 2.45. The molecule has 148 valence electrons. The highest BCUT2D eigenvalue weighted by Gasteiger charge is 2.38. The summed E-state index contributed by atoms with van der Waals surface area (Å²) in [6, 6.07) is 7.22. The quantitative estimate of drug-likeness (QED) is 0.745. The monoisotopic (exact) mass is 376 g/mol. The smallest absolute Gasteiger partial charge is 0.141 e. The van der Waals surface area contributed by atoms with Crippen molar-refractivity contribution in [1.29, 1.82) is 0 Å². The van der Waals surface area contributed by atoms with Crippen molar-refractivity contribution < 1.29 is 4.79 Å². The maximum absolute atomic E-state index is 13.1. The van der Waals surface area contributed by atoms with Gasteiger partial charge in [0.05, 0.1) is 0 Å². The van der Waals surface area contributed by atoms with Crippen molar-refractivity contribution in [1.82, 2.24) is 9.47 Å². The largest absolute Gasteiger partial charge is 0.344 e. The van der Waals surface area contributed by atoms with Crippen LogP contribution in [-0.4, -0.2) is 34.9 Å². The second-order valence-corrected chi connectivity index (χ2v) is 9.12. The SMILES string of the molecule is CCC(CC)CC(=O)C1C=C2c3cccc4c3c(c3n4CCC3)CC2N(C)C1. The molecule has 3 heteroatoms. The molecule has 2 aromatic rings. The standard InChI is InChI=1S/C25H32N2O/c1-4-16(5-2)12-24(28)17-13-19-18-8-6-9-22-25(18)20(14-23(19)26(3)15-17)21-10-7-11-27(21)22/h6,8-9,13,16-17,23H,4-5,7,10-12,14-15H2,1-3H3. The Labute approximate surface area is 168 Å². The lowest BCUT2D eigenvalue weighted by Crippen LogP contribution is -2.44. The number of hydrogen-bond donors (Lipinski definition) is 0. The van der Waals surface area contributed by atoms with Gasteiger partial charge in [-0.1, -0.05) is 44.9 Å². The fourth-order valence-electron chi connectivity index (χ4n) is 5.93. The van der Waals surface area contributed by atoms with E-state index in [4.69, 9.17) is 0 Å². The van der Waals surface area contributed by atoms with E-state index in [9.17, 15) is 4.79 Å². The lowest BCUT2D eigenvalue weighted by molar-refractivity contribution is -0.123. The molecule has 3 nitrogen and oxygen atoms in total. The molecule has 0 radical (unpaired) electrons. The van der Waals surface area contributed by atoms with Gasteiger partial charge in [0.15, 0.2) is 0 Å². The summed E-state index contributed by atoms with van der Waals surface area (Å²) in [5, 5.41) is 1.47. The van der Waals surface area contributed by atoms with Crippen molar-refractivity contribution in [2.24, 2.45) is 11.8 Å². The molecule has 3 aliphatic rings. The summed E-state index contributed by atoms with van der Waals surface area (Å²) in [6.45, 7) is 6.44. The molecular weight excluding hydrogens is 344 g/mol. The number of Topliss-reactive ketones (excluding diaryl/α,β-unsaturated/α-hetero) is 1. The molecule has 2 unspecified atom stereocenters. The van der Waals surface area contributed by atoms with Gasteiger partial charge in [0, 0.05) is 48.1 Å². The Morgan fingerprint density at radius 1 is 1.25 bits per heavy atom. The van der Waals surface area contributed by atoms with Crippen LogP contribution >= 0.6 is 0 Å². The van der Waals surface area contributed by atoms with Crippen LogP contribution in [0.25, 0.3) is 16.5 Å². The number of likely N-dealkylation sites (N-methyl/N-ethyl adjacent to an activating group) is 1. The van der Waals surface area contributed by atoms with Crippen LogP contribution in [0.1, 0.15) is 56.4 Å². The molecule has 5 rings (SSSR count). The highest BCUT2D eigenvalue weighted by atomic mass is 16.1. The van der Waals surface area contributed by atoms with Crippen LogP contribution in [0.2, 0.25) is 0 Å². The summed E-state index contributed by atoms with van der Waals surface area (Å²) in [6.07, 6.45) is 8.87. The molecule has 1 aliphatic carbocycles. The first kappa shape index (κ1) is 18.2. The number of aryl methyl sites for hydroxylation is 1. The Morgan fingerprint density at radius 2 is 2.07 bits per heavy atom. The molecule has 0 fully saturated rings. The zero-order chi connectivity index (χ0) is 19.4. The van der Waals surface area contributed by atoms with Gasteiger partial charge < -0.3 is 4.57 Å². The molecule has 3 heterocycles. The summed E-state index contributed by atoms with van der Waals surface area (Å²) in [7, 11) is 2.22. The summed E-state index contributed by atoms with van der Waals surface area (Å²) < 4.78 is 2.56. The van der Waals surface area contributed by atoms with Gasteiger partial charge in [0.25, 0.3) is 0 Å². The van der Waals surface area contributed by atoms with Crippen LogP contribution in [0.5, 0.6) is 0 Å². The van der Waals surface area contributed by atoms with Crippen LogP contribution < -0.4 is 0 Å². The molecule has 0 N–H and O–H groups in total. The second-order valence-electron chi connectivity index (χ2n) is 9.12. The zero-order valence-electron chi connectivity index (χ0n) is 17.5. The van der Waals surface area contributed by atoms with Crippen molar-refractivity contribution in [2.45, 2.75) is 65.0 Å². The number of ketones is 1. The Bertz CT molecular complexity index is 963. The van der Waals surface area contributed by atoms with E-state index in [0.29, 0.717) is 17.7 Å². The fraction of sp³-hybridized carbons (Fsp3) is 0.560. The summed E-state index contributed by atoms with van der Waals surface area (Å²) in [5.41, 5.74) is 7.35. The van der Waals surface area contributed by atoms with Gasteiger partial charge in [-0.3, -0.25) is 9.69 Å². The van der Waals surface area contributed by atoms with Crippen LogP contribution in [0.3, 0.4) is 0 Å². The molecular formula is C25H32N2O. The average Bonchev–Trinajstić information content (AvgIpc) is 3.30. The lowest BCUT2D eigenvalue weighted by atomic mass is 9.77. The molecule has 1 aromatic carbocycles. The predicted octanol–water partition coefficient (Wildman–Crippen LogP) is 4.85. The Morgan fingerprint density at radius 3 is 2.86 bits per heavy atom. The topological polar surface area (TPSA) is 25.2 Å². The minimum atomic E-state index is 0.0446. The van der Waals surface area contributed by atoms with E-state index in [2.05, 4.69) is 54.6 Å². The number of nitrogens with zero attached hydrogens (tertiary/aromatic N) is 2. The van der Waals surface area contributed by atoms with Gasteiger partial charge in [-0.25, -0.2) is 0 Å². The van der Waals surface area contributed by atoms with E-state index in [0.717, 1.165) is 38.8 Å². The van der Waals surface area contributed by atoms with E-state index < -0.39 is 0 Å². The maximum atomic E-state index is 13.1. The van der Waals surface area contributed by atoms with E-state index in [-0.39, 0.29) is 5.92 Å². The van der Waals surface area contributed by atoms with Gasteiger partial charge in [0.2, 0.25) is 0 Å². The molecule has 0 saturated heterocycles. The van der Waals surface area contributed by atoms with Crippen molar-refractivity contribution in [3.8, 4) is 0 Å². The third-order valence-corrected chi connectivity index (χ3v) is 7.63. The van der Waals surface area contributed by atoms with Crippen LogP contribution in [0, 0.1) is 11.8 Å². The minimum Gasteiger partial charge on any atom is -0.344 e. The van der Waals surface area contributed by atoms with Gasteiger partial charge in [-0.2, -0.15) is 0 Å². The summed E-state index contributed by atoms with van der Waals surface area (Å²) in [4.78, 5) is 15.5. The number of carbonyl (C=O) groups excluding carboxylic acids is 1. The van der Waals surface area contributed by atoms with Gasteiger partial charge in [-0.05, 0) is 55.0 Å². The number of benzene rings is 1. The van der Waals surface area contributed by atoms with E-state index >= 15 is 0 Å². The van der Waals surface area contributed by atoms with E-state index in [1.54, 1.807) is 11.3 Å². The first-order valence-corrected chi connectivity index (χ1v) is 11.2. The van der Waals surface area contributed by atoms with Crippen LogP contribution in [0.15, 0.2) is 24.3 Å². The summed E-state index contributed by atoms with van der Waals surface area (Å²) in [5.74, 6) is 1.01. The minimum absolute atomic E-state index is 0.0446. The zero-order valence-corrected chi connectivity index (χ0v) is 17.5. The first-order chi connectivity index (χ1) is 13.6. The van der Waals surface area contributed by atoms with Gasteiger partial charge in [-0.15, -0.1) is 0 Å². The highest BCUT2D eigenvalue weighted by molar-refractivity contribution is 6.00. The maximum Gasteiger partial charge on any atom is 0.141 e. The van der Waals surface area contributed by atoms with Crippen LogP contribution in [-0.2, 0) is 24.2 Å². The third-order valence-electron chi connectivity index (χ3n) is 7.63. The molecule has 2 atom stereocenters. The second kappa shape index (κ2) is 6.88. The Balaban J connectivity index is 1.57. The Kier molecular flexibility index (Phi) is 4.46. The van der Waals surface area contributed by atoms with Gasteiger partial charge >= 0.3 is 0 Å². The number of aromatic nitrogens is 1. The normalized spacial score (nSPS) is 23.8. The lowest BCUT2D eigenvalue weighted by Gasteiger charge is -2.40. The Hall–Kier alpha value is -1.87. The van der Waals surface area contributed by atoms with Crippen molar-refractivity contribution in [3.05, 3.63) is 41.1 Å². The van der Waals surface area contributed by atoms with Crippen molar-refractivity contribution in [3.63, 3.8) is 0 Å². The average molecular weight is 377 g/mol. The molecule has 0 spiro atoms. The molecule has 0 bridgehead atoms. The van der Waals surface area contributed by atoms with Crippen molar-refractivity contribution >= 4 is 22.3 Å². The van der Waals surface area contributed by atoms with E-state index in [1.165, 1.54) is 34.9 Å². The molecule has 28 heavy (non-hydrogen) atoms. The number of hydrogen-bond acceptors (Lipinski definition) is 2. The number of rotatable bonds is 5. The molecule has 0 saturated carbocycles. The van der Waals surface area contributed by atoms with E-state index in [1.807, 2.05) is 0 Å². The fourth-order valence-corrected chi connectivity index (χ4v) is 5.93.